The van der Waals surface area contributed by atoms with Crippen molar-refractivity contribution in [2.24, 2.45) is 13.0 Å². The zero-order valence-corrected chi connectivity index (χ0v) is 20.0. The zero-order valence-electron chi connectivity index (χ0n) is 20.0. The molecule has 1 N–H and O–H groups in total. The Bertz CT molecular complexity index is 1240. The van der Waals surface area contributed by atoms with Crippen molar-refractivity contribution < 1.29 is 19.1 Å². The molecule has 3 rings (SSSR count). The summed E-state index contributed by atoms with van der Waals surface area (Å²) in [5.74, 6) is -0.385. The second-order valence-electron chi connectivity index (χ2n) is 8.63. The van der Waals surface area contributed by atoms with E-state index in [0.717, 1.165) is 4.57 Å². The molecule has 2 heterocycles. The number of benzene rings is 1. The van der Waals surface area contributed by atoms with Crippen molar-refractivity contribution >= 4 is 17.9 Å². The minimum absolute atomic E-state index is 0.115. The molecule has 186 valence electrons. The van der Waals surface area contributed by atoms with Crippen LogP contribution in [0.1, 0.15) is 37.8 Å². The minimum atomic E-state index is -0.724. The topological polar surface area (TPSA) is 136 Å². The molecule has 0 radical (unpaired) electrons. The van der Waals surface area contributed by atoms with Crippen molar-refractivity contribution in [2.75, 3.05) is 24.8 Å². The Morgan fingerprint density at radius 3 is 2.69 bits per heavy atom. The summed E-state index contributed by atoms with van der Waals surface area (Å²) in [5.41, 5.74) is 0.152. The van der Waals surface area contributed by atoms with Crippen LogP contribution in [0.2, 0.25) is 0 Å². The lowest BCUT2D eigenvalue weighted by Gasteiger charge is -2.35. The first-order valence-electron chi connectivity index (χ1n) is 11.3. The Morgan fingerprint density at radius 1 is 1.23 bits per heavy atom. The average Bonchev–Trinajstić information content (AvgIpc) is 2.84. The first kappa shape index (κ1) is 25.6. The number of carbonyl (C=O) groups is 2. The van der Waals surface area contributed by atoms with Crippen LogP contribution in [0.25, 0.3) is 0 Å². The molecule has 0 bridgehead atoms. The van der Waals surface area contributed by atoms with E-state index in [-0.39, 0.29) is 18.5 Å². The van der Waals surface area contributed by atoms with E-state index >= 15 is 0 Å². The number of amides is 1. The van der Waals surface area contributed by atoms with E-state index in [9.17, 15) is 24.4 Å². The van der Waals surface area contributed by atoms with Gasteiger partial charge in [0.25, 0.3) is 5.56 Å². The summed E-state index contributed by atoms with van der Waals surface area (Å²) in [6.07, 6.45) is 0.646. The molecule has 1 atom stereocenters. The van der Waals surface area contributed by atoms with Gasteiger partial charge in [0.15, 0.2) is 0 Å². The van der Waals surface area contributed by atoms with Crippen LogP contribution in [0.5, 0.6) is 0 Å². The molecule has 11 heteroatoms. The number of nitrogens with one attached hydrogen (secondary N) is 1. The molecule has 35 heavy (non-hydrogen) atoms. The summed E-state index contributed by atoms with van der Waals surface area (Å²) in [7, 11) is 1.41. The van der Waals surface area contributed by atoms with E-state index in [1.807, 2.05) is 4.90 Å². The van der Waals surface area contributed by atoms with Gasteiger partial charge in [0.2, 0.25) is 6.79 Å². The van der Waals surface area contributed by atoms with Crippen molar-refractivity contribution in [3.05, 3.63) is 62.3 Å². The van der Waals surface area contributed by atoms with Crippen LogP contribution in [0.15, 0.2) is 39.9 Å². The van der Waals surface area contributed by atoms with E-state index in [0.29, 0.717) is 42.9 Å². The molecule has 2 aromatic rings. The standard InChI is InChI=1S/C24H29N5O6/c1-16(2)22(31)34-15-35-23(32)26-19-9-6-10-28(14-19)20-11-21(30)27(3)24(33)29(20)13-18-8-5-4-7-17(18)12-25/h4-5,7-8,11,16,19H,6,9-10,13-15H2,1-3H3,(H,26,32)/t19-/m1/s1. The molecule has 1 aliphatic heterocycles. The van der Waals surface area contributed by atoms with E-state index in [2.05, 4.69) is 11.4 Å². The summed E-state index contributed by atoms with van der Waals surface area (Å²) >= 11 is 0. The van der Waals surface area contributed by atoms with Gasteiger partial charge in [-0.3, -0.25) is 18.7 Å². The normalized spacial score (nSPS) is 15.4. The summed E-state index contributed by atoms with van der Waals surface area (Å²) in [6.45, 7) is 3.90. The molecule has 1 amide bonds. The van der Waals surface area contributed by atoms with Gasteiger partial charge in [-0.2, -0.15) is 5.26 Å². The van der Waals surface area contributed by atoms with Gasteiger partial charge in [-0.15, -0.1) is 0 Å². The largest absolute Gasteiger partial charge is 0.428 e. The third-order valence-corrected chi connectivity index (χ3v) is 5.77. The van der Waals surface area contributed by atoms with Gasteiger partial charge >= 0.3 is 17.8 Å². The van der Waals surface area contributed by atoms with Crippen LogP contribution in [0.4, 0.5) is 10.6 Å². The smallest absolute Gasteiger partial charge is 0.410 e. The molecule has 1 aromatic heterocycles. The number of hydrogen-bond acceptors (Lipinski definition) is 8. The van der Waals surface area contributed by atoms with Gasteiger partial charge < -0.3 is 19.7 Å². The highest BCUT2D eigenvalue weighted by Crippen LogP contribution is 2.20. The zero-order chi connectivity index (χ0) is 25.5. The van der Waals surface area contributed by atoms with Crippen molar-refractivity contribution in [3.8, 4) is 6.07 Å². The van der Waals surface area contributed by atoms with Crippen LogP contribution in [-0.2, 0) is 27.9 Å². The Labute approximate surface area is 202 Å². The monoisotopic (exact) mass is 483 g/mol. The fourth-order valence-electron chi connectivity index (χ4n) is 3.83. The average molecular weight is 484 g/mol. The summed E-state index contributed by atoms with van der Waals surface area (Å²) in [5, 5.41) is 12.2. The van der Waals surface area contributed by atoms with Crippen molar-refractivity contribution in [3.63, 3.8) is 0 Å². The van der Waals surface area contributed by atoms with Gasteiger partial charge in [0, 0.05) is 32.2 Å². The van der Waals surface area contributed by atoms with Gasteiger partial charge in [-0.25, -0.2) is 9.59 Å². The minimum Gasteiger partial charge on any atom is -0.428 e. The Morgan fingerprint density at radius 2 is 1.97 bits per heavy atom. The highest BCUT2D eigenvalue weighted by molar-refractivity contribution is 5.72. The Hall–Kier alpha value is -4.07. The van der Waals surface area contributed by atoms with Crippen molar-refractivity contribution in [1.29, 1.82) is 5.26 Å². The van der Waals surface area contributed by atoms with Crippen molar-refractivity contribution in [2.45, 2.75) is 39.3 Å². The Kier molecular flexibility index (Phi) is 8.30. The fourth-order valence-corrected chi connectivity index (χ4v) is 3.83. The van der Waals surface area contributed by atoms with Gasteiger partial charge in [-0.1, -0.05) is 32.0 Å². The number of esters is 1. The predicted octanol–water partition coefficient (Wildman–Crippen LogP) is 1.32. The van der Waals surface area contributed by atoms with Crippen molar-refractivity contribution in [1.82, 2.24) is 14.5 Å². The highest BCUT2D eigenvalue weighted by Gasteiger charge is 2.25. The SMILES string of the molecule is CC(C)C(=O)OCOC(=O)N[C@@H]1CCCN(c2cc(=O)n(C)c(=O)n2Cc2ccccc2C#N)C1. The van der Waals surface area contributed by atoms with Crippen LogP contribution in [0.3, 0.4) is 0 Å². The summed E-state index contributed by atoms with van der Waals surface area (Å²) < 4.78 is 12.3. The second kappa shape index (κ2) is 11.4. The number of nitriles is 1. The third-order valence-electron chi connectivity index (χ3n) is 5.77. The van der Waals surface area contributed by atoms with E-state index in [1.165, 1.54) is 17.7 Å². The van der Waals surface area contributed by atoms with E-state index in [1.54, 1.807) is 38.1 Å². The lowest BCUT2D eigenvalue weighted by Crippen LogP contribution is -2.50. The number of ether oxygens (including phenoxy) is 2. The van der Waals surface area contributed by atoms with Crippen LogP contribution in [0, 0.1) is 17.2 Å². The molecule has 1 fully saturated rings. The maximum atomic E-state index is 13.0. The molecule has 0 saturated carbocycles. The lowest BCUT2D eigenvalue weighted by atomic mass is 10.1. The van der Waals surface area contributed by atoms with Crippen LogP contribution < -0.4 is 21.5 Å². The quantitative estimate of drug-likeness (QED) is 0.460. The number of rotatable bonds is 7. The maximum Gasteiger partial charge on any atom is 0.410 e. The number of aromatic nitrogens is 2. The third kappa shape index (κ3) is 6.29. The molecule has 0 spiro atoms. The van der Waals surface area contributed by atoms with Gasteiger partial charge in [0.05, 0.1) is 24.1 Å². The first-order chi connectivity index (χ1) is 16.7. The number of carbonyl (C=O) groups excluding carboxylic acids is 2. The molecule has 0 aliphatic carbocycles. The number of alkyl carbamates (subject to hydrolysis) is 1. The fraction of sp³-hybridized carbons (Fsp3) is 0.458. The lowest BCUT2D eigenvalue weighted by molar-refractivity contribution is -0.155. The Balaban J connectivity index is 1.77. The van der Waals surface area contributed by atoms with Gasteiger partial charge in [0.1, 0.15) is 5.82 Å². The maximum absolute atomic E-state index is 13.0. The number of nitrogens with zero attached hydrogens (tertiary/aromatic N) is 4. The first-order valence-corrected chi connectivity index (χ1v) is 11.3. The highest BCUT2D eigenvalue weighted by atomic mass is 16.7. The molecule has 1 aromatic carbocycles. The summed E-state index contributed by atoms with van der Waals surface area (Å²) in [4.78, 5) is 51.0. The van der Waals surface area contributed by atoms with Crippen LogP contribution >= 0.6 is 0 Å². The number of hydrogen-bond donors (Lipinski definition) is 1. The number of piperidine rings is 1. The van der Waals surface area contributed by atoms with E-state index < -0.39 is 30.1 Å². The molecule has 1 saturated heterocycles. The molecule has 1 aliphatic rings. The molecule has 0 unspecified atom stereocenters. The molecular weight excluding hydrogens is 454 g/mol. The summed E-state index contributed by atoms with van der Waals surface area (Å²) in [6, 6.07) is 10.2. The number of anilines is 1. The predicted molar refractivity (Wildman–Crippen MR) is 127 cm³/mol. The molecule has 11 nitrogen and oxygen atoms in total. The van der Waals surface area contributed by atoms with Gasteiger partial charge in [-0.05, 0) is 24.5 Å². The molecular formula is C24H29N5O6. The van der Waals surface area contributed by atoms with E-state index in [4.69, 9.17) is 9.47 Å². The van der Waals surface area contributed by atoms with Crippen LogP contribution in [-0.4, -0.2) is 47.1 Å². The second-order valence-corrected chi connectivity index (χ2v) is 8.63.